The molecule has 8 nitrogen and oxygen atoms in total. The van der Waals surface area contributed by atoms with Gasteiger partial charge in [-0.2, -0.15) is 0 Å². The number of amides is 1. The lowest BCUT2D eigenvalue weighted by Crippen LogP contribution is -2.60. The second-order valence-electron chi connectivity index (χ2n) is 9.72. The minimum absolute atomic E-state index is 0.0349. The number of aryl methyl sites for hydroxylation is 1. The quantitative estimate of drug-likeness (QED) is 0.300. The highest BCUT2D eigenvalue weighted by atomic mass is 16.1. The van der Waals surface area contributed by atoms with Crippen LogP contribution in [0.1, 0.15) is 25.3 Å². The number of anilines is 1. The van der Waals surface area contributed by atoms with E-state index in [4.69, 9.17) is 0 Å². The number of piperazine rings is 1. The van der Waals surface area contributed by atoms with E-state index < -0.39 is 0 Å². The summed E-state index contributed by atoms with van der Waals surface area (Å²) in [6, 6.07) is 14.9. The van der Waals surface area contributed by atoms with Crippen LogP contribution in [0.4, 0.5) is 11.4 Å². The topological polar surface area (TPSA) is 78.8 Å². The smallest absolute Gasteiger partial charge is 0.221 e. The molecule has 0 radical (unpaired) electrons. The molecule has 1 aliphatic heterocycles. The molecule has 8 heteroatoms. The van der Waals surface area contributed by atoms with Crippen LogP contribution in [0, 0.1) is 0 Å². The largest absolute Gasteiger partial charge is 0.361 e. The number of nitrogens with zero attached hydrogens (tertiary/aromatic N) is 5. The third-order valence-corrected chi connectivity index (χ3v) is 7.31. The van der Waals surface area contributed by atoms with Crippen LogP contribution in [0.5, 0.6) is 0 Å². The number of fused-ring (bicyclic) bond motifs is 1. The molecule has 2 aromatic heterocycles. The Bertz CT molecular complexity index is 1270. The van der Waals surface area contributed by atoms with Crippen molar-refractivity contribution in [2.24, 2.45) is 0 Å². The Morgan fingerprint density at radius 2 is 1.80 bits per heavy atom. The Hall–Kier alpha value is -3.49. The average Bonchev–Trinajstić information content (AvgIpc) is 3.53. The van der Waals surface area contributed by atoms with Gasteiger partial charge in [0.2, 0.25) is 5.91 Å². The molecule has 2 N–H and O–H groups in total. The second kappa shape index (κ2) is 10.0. The van der Waals surface area contributed by atoms with E-state index in [1.807, 2.05) is 16.7 Å². The Labute approximate surface area is 206 Å². The third-order valence-electron chi connectivity index (χ3n) is 7.31. The number of likely N-dealkylation sites (N-methyl/N-ethyl adjacent to an activating group) is 1. The molecule has 0 atom stereocenters. The van der Waals surface area contributed by atoms with Gasteiger partial charge in [-0.3, -0.25) is 18.7 Å². The summed E-state index contributed by atoms with van der Waals surface area (Å²) in [6.45, 7) is 7.10. The maximum atomic E-state index is 11.4. The number of benzene rings is 2. The SMILES string of the molecule is CC(=O)Nc1ccc([N+]2(CCCCc3c[nH]c4ccc(-n5cnnc5)cc34)CCN(C)CC2)cc1. The number of aromatic amines is 1. The Morgan fingerprint density at radius 1 is 1.06 bits per heavy atom. The highest BCUT2D eigenvalue weighted by molar-refractivity contribution is 5.88. The van der Waals surface area contributed by atoms with Gasteiger partial charge in [0.15, 0.2) is 0 Å². The lowest BCUT2D eigenvalue weighted by atomic mass is 10.0. The fourth-order valence-corrected chi connectivity index (χ4v) is 5.22. The molecular weight excluding hydrogens is 438 g/mol. The van der Waals surface area contributed by atoms with Crippen LogP contribution >= 0.6 is 0 Å². The van der Waals surface area contributed by atoms with E-state index in [0.29, 0.717) is 0 Å². The summed E-state index contributed by atoms with van der Waals surface area (Å²) in [6.07, 6.45) is 8.97. The fourth-order valence-electron chi connectivity index (χ4n) is 5.22. The normalized spacial score (nSPS) is 15.9. The molecule has 1 amide bonds. The van der Waals surface area contributed by atoms with Gasteiger partial charge in [0.1, 0.15) is 18.3 Å². The van der Waals surface area contributed by atoms with E-state index in [1.54, 1.807) is 19.6 Å². The van der Waals surface area contributed by atoms with Crippen LogP contribution < -0.4 is 9.80 Å². The van der Waals surface area contributed by atoms with Crippen molar-refractivity contribution in [3.63, 3.8) is 0 Å². The van der Waals surface area contributed by atoms with Gasteiger partial charge in [-0.05, 0) is 62.2 Å². The summed E-state index contributed by atoms with van der Waals surface area (Å²) in [5.41, 5.74) is 5.81. The van der Waals surface area contributed by atoms with Crippen molar-refractivity contribution >= 4 is 28.2 Å². The lowest BCUT2D eigenvalue weighted by Gasteiger charge is -2.44. The van der Waals surface area contributed by atoms with Gasteiger partial charge in [-0.1, -0.05) is 0 Å². The average molecular weight is 473 g/mol. The molecule has 1 saturated heterocycles. The monoisotopic (exact) mass is 472 g/mol. The van der Waals surface area contributed by atoms with Gasteiger partial charge in [0.05, 0.1) is 19.6 Å². The van der Waals surface area contributed by atoms with E-state index >= 15 is 0 Å². The predicted molar refractivity (Wildman–Crippen MR) is 141 cm³/mol. The highest BCUT2D eigenvalue weighted by Gasteiger charge is 2.33. The number of carbonyl (C=O) groups is 1. The zero-order valence-electron chi connectivity index (χ0n) is 20.6. The van der Waals surface area contributed by atoms with Crippen LogP contribution in [0.25, 0.3) is 16.6 Å². The molecule has 0 spiro atoms. The second-order valence-corrected chi connectivity index (χ2v) is 9.72. The Morgan fingerprint density at radius 3 is 2.51 bits per heavy atom. The van der Waals surface area contributed by atoms with Gasteiger partial charge in [0.25, 0.3) is 0 Å². The summed E-state index contributed by atoms with van der Waals surface area (Å²) in [5, 5.41) is 12.0. The van der Waals surface area contributed by atoms with Crippen molar-refractivity contribution in [3.8, 4) is 5.69 Å². The van der Waals surface area contributed by atoms with Crippen LogP contribution in [-0.2, 0) is 11.2 Å². The maximum absolute atomic E-state index is 11.4. The molecule has 5 rings (SSSR count). The molecule has 0 bridgehead atoms. The van der Waals surface area contributed by atoms with Gasteiger partial charge < -0.3 is 10.3 Å². The standard InChI is InChI=1S/C27H33N7O/c1-21(35)31-23-6-9-25(10-7-23)34(15-12-32(2)13-16-34)14-4-3-5-22-18-28-27-11-8-24(17-26(22)27)33-19-29-30-20-33/h6-11,17-20,28H,3-5,12-16H2,1-2H3/p+1. The molecule has 1 fully saturated rings. The summed E-state index contributed by atoms with van der Waals surface area (Å²) in [7, 11) is 2.21. The fraction of sp³-hybridized carbons (Fsp3) is 0.370. The molecule has 0 saturated carbocycles. The van der Waals surface area contributed by atoms with Crippen molar-refractivity contribution in [2.45, 2.75) is 26.2 Å². The maximum Gasteiger partial charge on any atom is 0.221 e. The molecule has 4 aromatic rings. The predicted octanol–water partition coefficient (Wildman–Crippen LogP) is 3.98. The number of rotatable bonds is 8. The van der Waals surface area contributed by atoms with E-state index in [0.717, 1.165) is 67.8 Å². The molecule has 35 heavy (non-hydrogen) atoms. The highest BCUT2D eigenvalue weighted by Crippen LogP contribution is 2.29. The Balaban J connectivity index is 1.27. The zero-order valence-corrected chi connectivity index (χ0v) is 20.6. The summed E-state index contributed by atoms with van der Waals surface area (Å²) >= 11 is 0. The van der Waals surface area contributed by atoms with Crippen LogP contribution in [0.15, 0.2) is 61.3 Å². The summed E-state index contributed by atoms with van der Waals surface area (Å²) in [5.74, 6) is -0.0349. The first-order valence-electron chi connectivity index (χ1n) is 12.4. The number of unbranched alkanes of at least 4 members (excludes halogenated alkanes) is 1. The van der Waals surface area contributed by atoms with Crippen LogP contribution in [0.3, 0.4) is 0 Å². The number of hydrogen-bond donors (Lipinski definition) is 2. The molecule has 0 aliphatic carbocycles. The lowest BCUT2D eigenvalue weighted by molar-refractivity contribution is -0.114. The Kier molecular flexibility index (Phi) is 6.66. The zero-order chi connectivity index (χ0) is 24.3. The van der Waals surface area contributed by atoms with Crippen molar-refractivity contribution in [2.75, 3.05) is 45.1 Å². The number of hydrogen-bond acceptors (Lipinski definition) is 4. The first kappa shape index (κ1) is 23.3. The number of aromatic nitrogens is 4. The first-order valence-corrected chi connectivity index (χ1v) is 12.4. The van der Waals surface area contributed by atoms with Gasteiger partial charge in [-0.15, -0.1) is 10.2 Å². The first-order chi connectivity index (χ1) is 17.0. The van der Waals surface area contributed by atoms with Gasteiger partial charge in [0, 0.05) is 60.6 Å². The molecule has 1 aliphatic rings. The van der Waals surface area contributed by atoms with E-state index in [-0.39, 0.29) is 5.91 Å². The number of quaternary nitrogens is 1. The van der Waals surface area contributed by atoms with Crippen molar-refractivity contribution in [1.82, 2.24) is 29.1 Å². The van der Waals surface area contributed by atoms with Crippen molar-refractivity contribution in [3.05, 3.63) is 66.9 Å². The van der Waals surface area contributed by atoms with E-state index in [9.17, 15) is 4.79 Å². The minimum atomic E-state index is -0.0349. The molecule has 2 aromatic carbocycles. The summed E-state index contributed by atoms with van der Waals surface area (Å²) < 4.78 is 2.95. The van der Waals surface area contributed by atoms with Crippen molar-refractivity contribution < 1.29 is 4.79 Å². The van der Waals surface area contributed by atoms with Gasteiger partial charge >= 0.3 is 0 Å². The van der Waals surface area contributed by atoms with Crippen molar-refractivity contribution in [1.29, 1.82) is 0 Å². The minimum Gasteiger partial charge on any atom is -0.361 e. The molecule has 3 heterocycles. The van der Waals surface area contributed by atoms with Crippen LogP contribution in [-0.4, -0.2) is 70.3 Å². The summed E-state index contributed by atoms with van der Waals surface area (Å²) in [4.78, 5) is 17.2. The molecule has 0 unspecified atom stereocenters. The van der Waals surface area contributed by atoms with Crippen LogP contribution in [0.2, 0.25) is 0 Å². The van der Waals surface area contributed by atoms with E-state index in [2.05, 4.69) is 69.0 Å². The third kappa shape index (κ3) is 5.13. The number of H-pyrrole nitrogens is 1. The molecular formula is C27H34N7O+. The molecule has 182 valence electrons. The van der Waals surface area contributed by atoms with E-state index in [1.165, 1.54) is 22.2 Å². The number of nitrogens with one attached hydrogen (secondary N) is 2. The number of carbonyl (C=O) groups excluding carboxylic acids is 1. The van der Waals surface area contributed by atoms with Gasteiger partial charge in [-0.25, -0.2) is 0 Å².